The summed E-state index contributed by atoms with van der Waals surface area (Å²) in [6.45, 7) is 20.0. The van der Waals surface area contributed by atoms with Gasteiger partial charge < -0.3 is 9.53 Å². The molecule has 40 heavy (non-hydrogen) atoms. The van der Waals surface area contributed by atoms with E-state index in [4.69, 9.17) is 9.41 Å². The van der Waals surface area contributed by atoms with E-state index in [0.29, 0.717) is 5.56 Å². The van der Waals surface area contributed by atoms with E-state index in [-0.39, 0.29) is 22.5 Å². The predicted molar refractivity (Wildman–Crippen MR) is 159 cm³/mol. The third-order valence-corrected chi connectivity index (χ3v) is 13.6. The summed E-state index contributed by atoms with van der Waals surface area (Å²) in [6.07, 6.45) is 1.16. The Balaban J connectivity index is 1.99. The van der Waals surface area contributed by atoms with Crippen LogP contribution >= 0.6 is 0 Å². The van der Waals surface area contributed by atoms with E-state index >= 15 is 0 Å². The Morgan fingerprint density at radius 3 is 2.20 bits per heavy atom. The maximum atomic E-state index is 13.3. The first-order valence-corrected chi connectivity index (χ1v) is 17.5. The molecule has 7 heteroatoms. The van der Waals surface area contributed by atoms with Crippen LogP contribution in [0.1, 0.15) is 131 Å². The molecule has 1 heterocycles. The van der Waals surface area contributed by atoms with E-state index in [2.05, 4.69) is 67.6 Å². The van der Waals surface area contributed by atoms with Gasteiger partial charge in [-0.05, 0) is 90.4 Å². The van der Waals surface area contributed by atoms with Gasteiger partial charge in [-0.15, -0.1) is 0 Å². The fourth-order valence-corrected chi connectivity index (χ4v) is 7.18. The highest BCUT2D eigenvalue weighted by molar-refractivity contribution is 6.74. The van der Waals surface area contributed by atoms with Crippen LogP contribution in [0, 0.1) is 5.41 Å². The molecule has 0 saturated heterocycles. The van der Waals surface area contributed by atoms with Gasteiger partial charge in [0.2, 0.25) is 0 Å². The van der Waals surface area contributed by atoms with Gasteiger partial charge in [0.25, 0.3) is 0 Å². The third-order valence-electron chi connectivity index (χ3n) is 9.07. The molecular weight excluding hydrogens is 527 g/mol. The maximum absolute atomic E-state index is 13.3. The summed E-state index contributed by atoms with van der Waals surface area (Å²) in [5.41, 5.74) is 5.61. The summed E-state index contributed by atoms with van der Waals surface area (Å²) in [4.78, 5) is 5.25. The molecule has 1 aromatic heterocycles. The number of benzene rings is 1. The zero-order valence-electron chi connectivity index (χ0n) is 25.6. The second kappa shape index (κ2) is 10.7. The van der Waals surface area contributed by atoms with Crippen molar-refractivity contribution >= 4 is 13.9 Å². The van der Waals surface area contributed by atoms with E-state index in [9.17, 15) is 18.3 Å². The van der Waals surface area contributed by atoms with Gasteiger partial charge in [-0.25, -0.2) is 0 Å². The molecule has 220 valence electrons. The quantitative estimate of drug-likeness (QED) is 0.350. The lowest BCUT2D eigenvalue weighted by Gasteiger charge is -2.45. The van der Waals surface area contributed by atoms with Crippen LogP contribution in [-0.2, 0) is 17.0 Å². The minimum atomic E-state index is -4.43. The Bertz CT molecular complexity index is 1270. The summed E-state index contributed by atoms with van der Waals surface area (Å²) < 4.78 is 47.1. The molecule has 0 aliphatic heterocycles. The van der Waals surface area contributed by atoms with E-state index in [0.717, 1.165) is 72.3 Å². The number of hydrogen-bond donors (Lipinski definition) is 1. The van der Waals surface area contributed by atoms with Crippen molar-refractivity contribution in [3.63, 3.8) is 0 Å². The number of rotatable bonds is 6. The summed E-state index contributed by atoms with van der Waals surface area (Å²) in [6, 6.07) is 4.91. The van der Waals surface area contributed by atoms with Crippen molar-refractivity contribution in [3.8, 4) is 0 Å². The molecule has 0 saturated carbocycles. The first kappa shape index (κ1) is 31.0. The van der Waals surface area contributed by atoms with Crippen molar-refractivity contribution in [2.75, 3.05) is 0 Å². The Labute approximate surface area is 239 Å². The average molecular weight is 574 g/mol. The number of hydrogen-bond acceptors (Lipinski definition) is 3. The van der Waals surface area contributed by atoms with Gasteiger partial charge in [-0.1, -0.05) is 66.7 Å². The predicted octanol–water partition coefficient (Wildman–Crippen LogP) is 9.91. The van der Waals surface area contributed by atoms with Gasteiger partial charge in [-0.2, -0.15) is 13.2 Å². The molecule has 2 aliphatic carbocycles. The third kappa shape index (κ3) is 6.12. The van der Waals surface area contributed by atoms with Gasteiger partial charge in [0.1, 0.15) is 6.10 Å². The van der Waals surface area contributed by atoms with E-state index in [1.54, 1.807) is 0 Å². The molecule has 0 spiro atoms. The Morgan fingerprint density at radius 1 is 1.07 bits per heavy atom. The number of pyridine rings is 1. The van der Waals surface area contributed by atoms with Crippen LogP contribution in [0.2, 0.25) is 18.1 Å². The van der Waals surface area contributed by atoms with Crippen LogP contribution in [0.3, 0.4) is 0 Å². The van der Waals surface area contributed by atoms with Gasteiger partial charge in [0, 0.05) is 22.5 Å². The second-order valence-corrected chi connectivity index (χ2v) is 19.1. The largest absolute Gasteiger partial charge is 0.416 e. The number of aliphatic hydroxyl groups excluding tert-OH is 1. The van der Waals surface area contributed by atoms with Gasteiger partial charge in [0.15, 0.2) is 8.32 Å². The highest BCUT2D eigenvalue weighted by Gasteiger charge is 2.45. The van der Waals surface area contributed by atoms with Gasteiger partial charge in [-0.3, -0.25) is 4.98 Å². The van der Waals surface area contributed by atoms with Crippen molar-refractivity contribution < 1.29 is 22.7 Å². The summed E-state index contributed by atoms with van der Waals surface area (Å²) in [7, 11) is -2.17. The van der Waals surface area contributed by atoms with Crippen LogP contribution in [0.15, 0.2) is 30.3 Å². The molecule has 2 aromatic rings. The number of halogens is 3. The summed E-state index contributed by atoms with van der Waals surface area (Å²) in [5.74, 6) is 0.0231. The van der Waals surface area contributed by atoms with E-state index in [1.807, 2.05) is 0 Å². The standard InChI is InChI=1S/C33H46F3NO2Si/c1-20(2)29-28(30(38)22-14-16-23(17-15-22)33(34,35)36)26(21-12-10-11-13-21)27-24(37-29)18-32(6,7)19-25(27)39-40(8,9)31(3,4)5/h12,14-17,20,25,30,38H,10-11,13,18-19H2,1-9H3/t25-,30?/m1/s1. The lowest BCUT2D eigenvalue weighted by atomic mass is 9.71. The molecule has 2 atom stereocenters. The normalized spacial score (nSPS) is 20.4. The lowest BCUT2D eigenvalue weighted by Crippen LogP contribution is -2.44. The molecule has 2 aliphatic rings. The highest BCUT2D eigenvalue weighted by atomic mass is 28.4. The molecule has 1 N–H and O–H groups in total. The molecule has 0 bridgehead atoms. The fraction of sp³-hybridized carbons (Fsp3) is 0.606. The lowest BCUT2D eigenvalue weighted by molar-refractivity contribution is -0.137. The SMILES string of the molecule is CC(C)c1nc2c(c(C3=CCCC3)c1C(O)c1ccc(C(F)(F)F)cc1)[C@H](O[Si](C)(C)C(C)(C)C)CC(C)(C)C2. The number of aromatic nitrogens is 1. The van der Waals surface area contributed by atoms with Gasteiger partial charge in [0.05, 0.1) is 11.7 Å². The minimum Gasteiger partial charge on any atom is -0.410 e. The van der Waals surface area contributed by atoms with Crippen LogP contribution < -0.4 is 0 Å². The first-order chi connectivity index (χ1) is 18.3. The van der Waals surface area contributed by atoms with Crippen molar-refractivity contribution in [1.82, 2.24) is 4.98 Å². The molecule has 0 radical (unpaired) electrons. The maximum Gasteiger partial charge on any atom is 0.416 e. The summed E-state index contributed by atoms with van der Waals surface area (Å²) >= 11 is 0. The van der Waals surface area contributed by atoms with Crippen LogP contribution in [0.25, 0.3) is 5.57 Å². The Kier molecular flexibility index (Phi) is 8.29. The Morgan fingerprint density at radius 2 is 1.70 bits per heavy atom. The number of fused-ring (bicyclic) bond motifs is 1. The smallest absolute Gasteiger partial charge is 0.410 e. The molecule has 0 fully saturated rings. The minimum absolute atomic E-state index is 0.00380. The number of nitrogens with zero attached hydrogens (tertiary/aromatic N) is 1. The second-order valence-electron chi connectivity index (χ2n) is 14.4. The fourth-order valence-electron chi connectivity index (χ4n) is 5.91. The molecule has 4 rings (SSSR count). The first-order valence-electron chi connectivity index (χ1n) is 14.6. The van der Waals surface area contributed by atoms with Crippen LogP contribution in [0.4, 0.5) is 13.2 Å². The van der Waals surface area contributed by atoms with E-state index < -0.39 is 26.2 Å². The van der Waals surface area contributed by atoms with Crippen molar-refractivity contribution in [3.05, 3.63) is 69.5 Å². The van der Waals surface area contributed by atoms with E-state index in [1.165, 1.54) is 17.7 Å². The average Bonchev–Trinajstić information content (AvgIpc) is 3.35. The van der Waals surface area contributed by atoms with Crippen LogP contribution in [-0.4, -0.2) is 18.4 Å². The van der Waals surface area contributed by atoms with Crippen LogP contribution in [0.5, 0.6) is 0 Å². The van der Waals surface area contributed by atoms with Gasteiger partial charge >= 0.3 is 6.18 Å². The number of allylic oxidation sites excluding steroid dienone is 2. The zero-order valence-corrected chi connectivity index (χ0v) is 26.6. The van der Waals surface area contributed by atoms with Crippen molar-refractivity contribution in [2.24, 2.45) is 5.41 Å². The van der Waals surface area contributed by atoms with Crippen molar-refractivity contribution in [2.45, 2.75) is 123 Å². The molecular formula is C33H46F3NO2Si. The Hall–Kier alpha value is -1.96. The topological polar surface area (TPSA) is 42.4 Å². The molecule has 1 aromatic carbocycles. The highest BCUT2D eigenvalue weighted by Crippen LogP contribution is 2.52. The number of aliphatic hydroxyl groups is 1. The molecule has 0 amide bonds. The number of alkyl halides is 3. The van der Waals surface area contributed by atoms with Crippen molar-refractivity contribution in [1.29, 1.82) is 0 Å². The monoisotopic (exact) mass is 573 g/mol. The zero-order chi connectivity index (χ0) is 29.8. The molecule has 1 unspecified atom stereocenters. The summed E-state index contributed by atoms with van der Waals surface area (Å²) in [5, 5.41) is 12.0. The molecule has 3 nitrogen and oxygen atoms in total.